The lowest BCUT2D eigenvalue weighted by atomic mass is 9.68. The van der Waals surface area contributed by atoms with Crippen molar-refractivity contribution in [2.45, 2.75) is 70.8 Å². The average molecular weight is 592 g/mol. The Morgan fingerprint density at radius 1 is 1.17 bits per heavy atom. The molecule has 1 aromatic carbocycles. The largest absolute Gasteiger partial charge is 0.508 e. The van der Waals surface area contributed by atoms with E-state index in [4.69, 9.17) is 21.4 Å². The zero-order valence-corrected chi connectivity index (χ0v) is 24.6. The zero-order chi connectivity index (χ0) is 30.1. The second-order valence-corrected chi connectivity index (χ2v) is 11.4. The highest BCUT2D eigenvalue weighted by molar-refractivity contribution is 6.32. The molecule has 10 heteroatoms. The number of carbonyl (C=O) groups is 3. The lowest BCUT2D eigenvalue weighted by Crippen LogP contribution is -2.39. The molecular weight excluding hydrogens is 550 g/mol. The maximum atomic E-state index is 13.5. The minimum absolute atomic E-state index is 0.0441. The minimum Gasteiger partial charge on any atom is -0.508 e. The fourth-order valence-electron chi connectivity index (χ4n) is 6.20. The van der Waals surface area contributed by atoms with Gasteiger partial charge in [0.2, 0.25) is 11.8 Å². The summed E-state index contributed by atoms with van der Waals surface area (Å²) in [6.07, 6.45) is 5.51. The Labute approximate surface area is 246 Å². The molecule has 3 rings (SSSR count). The Hall–Kier alpha value is -2.72. The van der Waals surface area contributed by atoms with Gasteiger partial charge >= 0.3 is 5.97 Å². The van der Waals surface area contributed by atoms with Crippen LogP contribution in [0.5, 0.6) is 5.75 Å². The van der Waals surface area contributed by atoms with Crippen molar-refractivity contribution in [3.05, 3.63) is 45.5 Å². The van der Waals surface area contributed by atoms with Crippen LogP contribution in [-0.2, 0) is 19.1 Å². The molecule has 1 saturated heterocycles. The van der Waals surface area contributed by atoms with E-state index in [1.807, 2.05) is 6.08 Å². The van der Waals surface area contributed by atoms with Gasteiger partial charge in [0, 0.05) is 26.0 Å². The molecule has 226 valence electrons. The van der Waals surface area contributed by atoms with Gasteiger partial charge in [-0.3, -0.25) is 19.3 Å². The van der Waals surface area contributed by atoms with Crippen molar-refractivity contribution < 1.29 is 39.5 Å². The Bertz CT molecular complexity index is 1160. The average Bonchev–Trinajstić information content (AvgIpc) is 3.16. The summed E-state index contributed by atoms with van der Waals surface area (Å²) in [7, 11) is 1.53. The number of aromatic hydroxyl groups is 1. The predicted molar refractivity (Wildman–Crippen MR) is 155 cm³/mol. The van der Waals surface area contributed by atoms with Crippen molar-refractivity contribution >= 4 is 35.5 Å². The number of likely N-dealkylation sites (tertiary alicyclic amines) is 1. The molecule has 2 aliphatic rings. The van der Waals surface area contributed by atoms with Crippen LogP contribution < -0.4 is 0 Å². The number of phenols is 1. The molecule has 0 saturated carbocycles. The number of ether oxygens (including phenoxy) is 1. The van der Waals surface area contributed by atoms with Crippen LogP contribution in [0, 0.1) is 17.8 Å². The summed E-state index contributed by atoms with van der Waals surface area (Å²) in [6.45, 7) is 2.08. The molecule has 1 fully saturated rings. The molecule has 9 nitrogen and oxygen atoms in total. The number of methoxy groups -OCH3 is 1. The zero-order valence-electron chi connectivity index (χ0n) is 23.9. The molecule has 41 heavy (non-hydrogen) atoms. The number of fused-ring (bicyclic) bond motifs is 1. The van der Waals surface area contributed by atoms with Crippen LogP contribution >= 0.6 is 11.6 Å². The quantitative estimate of drug-likeness (QED) is 0.124. The van der Waals surface area contributed by atoms with Gasteiger partial charge in [0.15, 0.2) is 0 Å². The van der Waals surface area contributed by atoms with E-state index in [0.717, 1.165) is 29.6 Å². The van der Waals surface area contributed by atoms with Crippen molar-refractivity contribution in [2.24, 2.45) is 17.8 Å². The van der Waals surface area contributed by atoms with Crippen molar-refractivity contribution in [3.63, 3.8) is 0 Å². The number of aliphatic hydroxyl groups excluding tert-OH is 2. The summed E-state index contributed by atoms with van der Waals surface area (Å²) in [5, 5.41) is 40.9. The van der Waals surface area contributed by atoms with Gasteiger partial charge in [-0.1, -0.05) is 43.0 Å². The molecule has 0 radical (unpaired) electrons. The minimum atomic E-state index is -0.943. The van der Waals surface area contributed by atoms with Crippen LogP contribution in [0.4, 0.5) is 0 Å². The van der Waals surface area contributed by atoms with Gasteiger partial charge in [0.25, 0.3) is 0 Å². The number of carbonyl (C=O) groups excluding carboxylic acids is 2. The molecule has 1 aliphatic heterocycles. The van der Waals surface area contributed by atoms with E-state index in [-0.39, 0.29) is 50.2 Å². The summed E-state index contributed by atoms with van der Waals surface area (Å²) in [6, 6.07) is 4.80. The molecule has 0 bridgehead atoms. The van der Waals surface area contributed by atoms with Gasteiger partial charge in [-0.15, -0.1) is 0 Å². The van der Waals surface area contributed by atoms with Crippen LogP contribution in [0.1, 0.15) is 70.3 Å². The van der Waals surface area contributed by atoms with Crippen molar-refractivity contribution in [1.82, 2.24) is 4.90 Å². The second kappa shape index (κ2) is 15.5. The number of carboxylic acids is 1. The van der Waals surface area contributed by atoms with E-state index in [0.29, 0.717) is 42.7 Å². The molecule has 0 unspecified atom stereocenters. The molecule has 1 heterocycles. The highest BCUT2D eigenvalue weighted by Gasteiger charge is 2.54. The summed E-state index contributed by atoms with van der Waals surface area (Å²) in [5.41, 5.74) is 3.17. The smallest absolute Gasteiger partial charge is 0.303 e. The fourth-order valence-corrected chi connectivity index (χ4v) is 6.43. The van der Waals surface area contributed by atoms with Crippen molar-refractivity contribution in [3.8, 4) is 5.75 Å². The number of halogens is 1. The molecule has 1 aliphatic carbocycles. The molecule has 2 amide bonds. The fraction of sp³-hybridized carbons (Fsp3) is 0.581. The molecule has 4 atom stereocenters. The Kier molecular flexibility index (Phi) is 12.4. The first-order valence-corrected chi connectivity index (χ1v) is 14.7. The van der Waals surface area contributed by atoms with E-state index in [9.17, 15) is 29.7 Å². The first-order valence-electron chi connectivity index (χ1n) is 14.4. The molecular formula is C31H42ClNO8. The van der Waals surface area contributed by atoms with Gasteiger partial charge in [-0.05, 0) is 73.4 Å². The molecule has 0 aromatic heterocycles. The maximum absolute atomic E-state index is 13.5. The normalized spacial score (nSPS) is 21.9. The molecule has 0 spiro atoms. The lowest BCUT2D eigenvalue weighted by molar-refractivity contribution is -0.141. The number of allylic oxidation sites excluding steroid dienone is 1. The Balaban J connectivity index is 1.78. The van der Waals surface area contributed by atoms with E-state index < -0.39 is 29.8 Å². The third-order valence-electron chi connectivity index (χ3n) is 8.08. The molecule has 4 N–H and O–H groups in total. The third kappa shape index (κ3) is 8.19. The van der Waals surface area contributed by atoms with Crippen LogP contribution in [0.25, 0.3) is 6.08 Å². The van der Waals surface area contributed by atoms with Crippen molar-refractivity contribution in [2.75, 3.05) is 26.9 Å². The summed E-state index contributed by atoms with van der Waals surface area (Å²) in [5.74, 6) is -3.48. The van der Waals surface area contributed by atoms with Gasteiger partial charge in [0.05, 0.1) is 36.2 Å². The standard InChI is InChI=1S/C31H42ClNO8/c1-3-7-19(14-20-10-11-22(35)16-25(20)32)9-12-26(36)28-21(18-41-2)15-23-29(24(28)17-34)31(40)33(30(23)39)13-6-4-5-8-27(37)38/h10-11,14,16,23-24,26,29,34-36H,3-9,12-13,15,17-18H2,1-2H3,(H,37,38)/b19-14+/t23-,24+,26-,29-/m1/s1. The number of imide groups is 1. The number of amides is 2. The number of aliphatic hydroxyl groups is 2. The van der Waals surface area contributed by atoms with Crippen LogP contribution in [-0.4, -0.2) is 76.1 Å². The number of hydrogen-bond donors (Lipinski definition) is 4. The predicted octanol–water partition coefficient (Wildman–Crippen LogP) is 4.57. The van der Waals surface area contributed by atoms with Crippen LogP contribution in [0.3, 0.4) is 0 Å². The number of benzene rings is 1. The molecule has 1 aromatic rings. The maximum Gasteiger partial charge on any atom is 0.303 e. The SMILES string of the molecule is CCC/C(=C\c1ccc(O)cc1Cl)CC[C@@H](O)C1=C(COC)C[C@H]2C(=O)N(CCCCCC(=O)O)C(=O)[C@H]2[C@H]1CO. The highest BCUT2D eigenvalue weighted by Crippen LogP contribution is 2.46. The van der Waals surface area contributed by atoms with Crippen LogP contribution in [0.2, 0.25) is 5.02 Å². The van der Waals surface area contributed by atoms with Gasteiger partial charge in [-0.2, -0.15) is 0 Å². The second-order valence-electron chi connectivity index (χ2n) is 11.0. The van der Waals surface area contributed by atoms with E-state index in [2.05, 4.69) is 6.92 Å². The number of carboxylic acid groups (broad SMARTS) is 1. The Morgan fingerprint density at radius 2 is 1.93 bits per heavy atom. The van der Waals surface area contributed by atoms with E-state index >= 15 is 0 Å². The Morgan fingerprint density at radius 3 is 2.56 bits per heavy atom. The van der Waals surface area contributed by atoms with Gasteiger partial charge < -0.3 is 25.2 Å². The first-order chi connectivity index (χ1) is 19.6. The summed E-state index contributed by atoms with van der Waals surface area (Å²) >= 11 is 6.31. The third-order valence-corrected chi connectivity index (χ3v) is 8.40. The topological polar surface area (TPSA) is 145 Å². The number of hydrogen-bond acceptors (Lipinski definition) is 7. The van der Waals surface area contributed by atoms with E-state index in [1.54, 1.807) is 12.1 Å². The number of rotatable bonds is 16. The van der Waals surface area contributed by atoms with Gasteiger partial charge in [-0.25, -0.2) is 0 Å². The first kappa shape index (κ1) is 32.8. The van der Waals surface area contributed by atoms with E-state index in [1.165, 1.54) is 18.1 Å². The van der Waals surface area contributed by atoms with Gasteiger partial charge in [0.1, 0.15) is 5.75 Å². The number of nitrogens with zero attached hydrogens (tertiary/aromatic N) is 1. The lowest BCUT2D eigenvalue weighted by Gasteiger charge is -2.36. The highest BCUT2D eigenvalue weighted by atomic mass is 35.5. The van der Waals surface area contributed by atoms with Crippen LogP contribution in [0.15, 0.2) is 34.9 Å². The van der Waals surface area contributed by atoms with Crippen molar-refractivity contribution in [1.29, 1.82) is 0 Å². The summed E-state index contributed by atoms with van der Waals surface area (Å²) < 4.78 is 5.41. The number of aliphatic carboxylic acids is 1. The number of phenolic OH excluding ortho intramolecular Hbond substituents is 1. The number of unbranched alkanes of at least 4 members (excludes halogenated alkanes) is 2. The summed E-state index contributed by atoms with van der Waals surface area (Å²) in [4.78, 5) is 38.8. The monoisotopic (exact) mass is 591 g/mol.